The lowest BCUT2D eigenvalue weighted by Gasteiger charge is -2.05. The summed E-state index contributed by atoms with van der Waals surface area (Å²) in [5.41, 5.74) is 1.56. The molecular weight excluding hydrogens is 346 g/mol. The SMILES string of the molecule is Cn1ncc2c(=O)n(CC(=O)Nc3cc(C4C(C)(C)C4(C)C)[nH]n3)cnc21. The highest BCUT2D eigenvalue weighted by atomic mass is 16.2. The first kappa shape index (κ1) is 17.4. The van der Waals surface area contributed by atoms with Gasteiger partial charge in [0.1, 0.15) is 18.3 Å². The van der Waals surface area contributed by atoms with E-state index in [1.165, 1.54) is 21.8 Å². The van der Waals surface area contributed by atoms with E-state index in [0.717, 1.165) is 5.69 Å². The van der Waals surface area contributed by atoms with Crippen molar-refractivity contribution in [1.82, 2.24) is 29.5 Å². The second kappa shape index (κ2) is 5.51. The van der Waals surface area contributed by atoms with Crippen LogP contribution in [0.4, 0.5) is 5.82 Å². The standard InChI is InChI=1S/C18H23N7O2/c1-17(2)14(18(17,3)4)11-6-12(23-22-11)21-13(26)8-25-9-19-15-10(16(25)27)7-20-24(15)5/h6-7,9,14H,8H2,1-5H3,(H2,21,22,23,26). The van der Waals surface area contributed by atoms with Crippen LogP contribution in [0.5, 0.6) is 0 Å². The first-order chi connectivity index (χ1) is 12.6. The molecule has 0 unspecified atom stereocenters. The Bertz CT molecular complexity index is 1090. The van der Waals surface area contributed by atoms with Crippen LogP contribution in [0.25, 0.3) is 11.0 Å². The van der Waals surface area contributed by atoms with Crippen LogP contribution in [0.1, 0.15) is 39.3 Å². The van der Waals surface area contributed by atoms with Crippen molar-refractivity contribution in [2.24, 2.45) is 17.9 Å². The highest BCUT2D eigenvalue weighted by molar-refractivity contribution is 5.89. The number of nitrogens with zero attached hydrogens (tertiary/aromatic N) is 5. The van der Waals surface area contributed by atoms with Crippen molar-refractivity contribution >= 4 is 22.8 Å². The molecule has 2 N–H and O–H groups in total. The minimum atomic E-state index is -0.338. The summed E-state index contributed by atoms with van der Waals surface area (Å²) in [6, 6.07) is 1.87. The number of aromatic nitrogens is 6. The van der Waals surface area contributed by atoms with E-state index in [1.807, 2.05) is 6.07 Å². The zero-order valence-electron chi connectivity index (χ0n) is 16.1. The highest BCUT2D eigenvalue weighted by Crippen LogP contribution is 2.73. The number of carbonyl (C=O) groups is 1. The zero-order chi connectivity index (χ0) is 19.6. The number of nitrogens with one attached hydrogen (secondary N) is 2. The van der Waals surface area contributed by atoms with Crippen LogP contribution < -0.4 is 10.9 Å². The molecule has 0 atom stereocenters. The minimum absolute atomic E-state index is 0.140. The molecule has 9 nitrogen and oxygen atoms in total. The summed E-state index contributed by atoms with van der Waals surface area (Å²) in [6.45, 7) is 8.77. The molecule has 142 valence electrons. The van der Waals surface area contributed by atoms with E-state index in [1.54, 1.807) is 7.05 Å². The molecule has 0 saturated heterocycles. The Hall–Kier alpha value is -2.97. The molecule has 0 aliphatic heterocycles. The first-order valence-corrected chi connectivity index (χ1v) is 8.85. The maximum atomic E-state index is 12.4. The van der Waals surface area contributed by atoms with E-state index in [0.29, 0.717) is 22.8 Å². The summed E-state index contributed by atoms with van der Waals surface area (Å²) < 4.78 is 2.79. The topological polar surface area (TPSA) is 110 Å². The quantitative estimate of drug-likeness (QED) is 0.726. The van der Waals surface area contributed by atoms with Gasteiger partial charge in [-0.15, -0.1) is 0 Å². The van der Waals surface area contributed by atoms with E-state index < -0.39 is 0 Å². The lowest BCUT2D eigenvalue weighted by atomic mass is 10.0. The monoisotopic (exact) mass is 369 g/mol. The summed E-state index contributed by atoms with van der Waals surface area (Å²) in [5, 5.41) is 14.4. The smallest absolute Gasteiger partial charge is 0.264 e. The van der Waals surface area contributed by atoms with Crippen LogP contribution in [0.15, 0.2) is 23.4 Å². The van der Waals surface area contributed by atoms with Crippen molar-refractivity contribution in [2.75, 3.05) is 5.32 Å². The Labute approximate surface area is 155 Å². The Balaban J connectivity index is 1.48. The van der Waals surface area contributed by atoms with Crippen molar-refractivity contribution in [3.05, 3.63) is 34.6 Å². The van der Waals surface area contributed by atoms with Gasteiger partial charge in [-0.05, 0) is 10.8 Å². The molecule has 0 bridgehead atoms. The van der Waals surface area contributed by atoms with Gasteiger partial charge in [-0.2, -0.15) is 10.2 Å². The number of aryl methyl sites for hydroxylation is 1. The molecule has 4 rings (SSSR count). The number of fused-ring (bicyclic) bond motifs is 1. The third-order valence-corrected chi connectivity index (χ3v) is 6.23. The molecule has 0 spiro atoms. The molecule has 1 aliphatic carbocycles. The minimum Gasteiger partial charge on any atom is -0.308 e. The number of rotatable bonds is 4. The van der Waals surface area contributed by atoms with Gasteiger partial charge in [0.25, 0.3) is 5.56 Å². The van der Waals surface area contributed by atoms with Crippen LogP contribution in [-0.2, 0) is 18.4 Å². The molecule has 0 radical (unpaired) electrons. The maximum Gasteiger partial charge on any atom is 0.264 e. The first-order valence-electron chi connectivity index (χ1n) is 8.85. The number of aromatic amines is 1. The van der Waals surface area contributed by atoms with E-state index in [-0.39, 0.29) is 28.8 Å². The van der Waals surface area contributed by atoms with Gasteiger partial charge in [-0.25, -0.2) is 4.98 Å². The largest absolute Gasteiger partial charge is 0.308 e. The lowest BCUT2D eigenvalue weighted by Crippen LogP contribution is -2.27. The molecule has 1 aliphatic rings. The second-order valence-corrected chi connectivity index (χ2v) is 8.32. The summed E-state index contributed by atoms with van der Waals surface area (Å²) in [5.74, 6) is 0.481. The van der Waals surface area contributed by atoms with Gasteiger partial charge in [-0.3, -0.25) is 23.9 Å². The van der Waals surface area contributed by atoms with Crippen molar-refractivity contribution in [2.45, 2.75) is 40.2 Å². The maximum absolute atomic E-state index is 12.4. The Kier molecular flexibility index (Phi) is 3.56. The Morgan fingerprint density at radius 1 is 1.30 bits per heavy atom. The van der Waals surface area contributed by atoms with E-state index in [9.17, 15) is 9.59 Å². The summed E-state index contributed by atoms with van der Waals surface area (Å²) >= 11 is 0. The predicted octanol–water partition coefficient (Wildman–Crippen LogP) is 1.64. The average Bonchev–Trinajstić information content (AvgIpc) is 3.00. The fourth-order valence-electron chi connectivity index (χ4n) is 4.04. The fourth-order valence-corrected chi connectivity index (χ4v) is 4.04. The van der Waals surface area contributed by atoms with Gasteiger partial charge < -0.3 is 5.32 Å². The van der Waals surface area contributed by atoms with Gasteiger partial charge in [0.05, 0.1) is 6.20 Å². The van der Waals surface area contributed by atoms with Crippen LogP contribution in [-0.4, -0.2) is 35.4 Å². The predicted molar refractivity (Wildman–Crippen MR) is 100 cm³/mol. The van der Waals surface area contributed by atoms with E-state index in [2.05, 4.69) is 53.3 Å². The van der Waals surface area contributed by atoms with Crippen LogP contribution in [0, 0.1) is 10.8 Å². The normalized spacial score (nSPS) is 18.0. The van der Waals surface area contributed by atoms with E-state index >= 15 is 0 Å². The molecule has 3 aromatic heterocycles. The molecule has 1 fully saturated rings. The molecule has 1 saturated carbocycles. The number of carbonyl (C=O) groups excluding carboxylic acids is 1. The summed E-state index contributed by atoms with van der Waals surface area (Å²) in [4.78, 5) is 29.0. The van der Waals surface area contributed by atoms with E-state index in [4.69, 9.17) is 0 Å². The molecule has 27 heavy (non-hydrogen) atoms. The van der Waals surface area contributed by atoms with Crippen LogP contribution in [0.3, 0.4) is 0 Å². The molecule has 9 heteroatoms. The fraction of sp³-hybridized carbons (Fsp3) is 0.500. The van der Waals surface area contributed by atoms with Gasteiger partial charge in [0.15, 0.2) is 11.5 Å². The van der Waals surface area contributed by atoms with Crippen LogP contribution in [0.2, 0.25) is 0 Å². The molecule has 3 heterocycles. The number of hydrogen-bond acceptors (Lipinski definition) is 5. The molecule has 1 amide bonds. The van der Waals surface area contributed by atoms with Gasteiger partial charge >= 0.3 is 0 Å². The number of H-pyrrole nitrogens is 1. The lowest BCUT2D eigenvalue weighted by molar-refractivity contribution is -0.116. The third kappa shape index (κ3) is 2.56. The zero-order valence-corrected chi connectivity index (χ0v) is 16.1. The average molecular weight is 369 g/mol. The number of amides is 1. The highest BCUT2D eigenvalue weighted by Gasteiger charge is 2.65. The summed E-state index contributed by atoms with van der Waals surface area (Å²) in [7, 11) is 1.71. The van der Waals surface area contributed by atoms with Crippen molar-refractivity contribution in [1.29, 1.82) is 0 Å². The number of anilines is 1. The second-order valence-electron chi connectivity index (χ2n) is 8.32. The number of hydrogen-bond donors (Lipinski definition) is 2. The van der Waals surface area contributed by atoms with Crippen molar-refractivity contribution in [3.63, 3.8) is 0 Å². The Morgan fingerprint density at radius 2 is 2.00 bits per heavy atom. The van der Waals surface area contributed by atoms with Crippen LogP contribution >= 0.6 is 0 Å². The van der Waals surface area contributed by atoms with Crippen molar-refractivity contribution in [3.8, 4) is 0 Å². The molecule has 3 aromatic rings. The van der Waals surface area contributed by atoms with Crippen molar-refractivity contribution < 1.29 is 4.79 Å². The Morgan fingerprint density at radius 3 is 2.67 bits per heavy atom. The van der Waals surface area contributed by atoms with Gasteiger partial charge in [0.2, 0.25) is 5.91 Å². The molecular formula is C18H23N7O2. The summed E-state index contributed by atoms with van der Waals surface area (Å²) in [6.07, 6.45) is 2.81. The third-order valence-electron chi connectivity index (χ3n) is 6.23. The molecule has 0 aromatic carbocycles. The van der Waals surface area contributed by atoms with Gasteiger partial charge in [-0.1, -0.05) is 27.7 Å². The van der Waals surface area contributed by atoms with Gasteiger partial charge in [0, 0.05) is 24.7 Å².